The smallest absolute Gasteiger partial charge is 0.341 e. The molecule has 0 aromatic heterocycles. The van der Waals surface area contributed by atoms with Crippen LogP contribution >= 0.6 is 11.6 Å². The molecule has 1 fully saturated rings. The van der Waals surface area contributed by atoms with Gasteiger partial charge in [0.05, 0.1) is 5.56 Å². The predicted molar refractivity (Wildman–Crippen MR) is 96.9 cm³/mol. The molecule has 1 heterocycles. The quantitative estimate of drug-likeness (QED) is 0.748. The highest BCUT2D eigenvalue weighted by atomic mass is 35.5. The molecular weight excluding hydrogens is 378 g/mol. The molecule has 2 aromatic rings. The second-order valence-electron chi connectivity index (χ2n) is 6.04. The number of carbonyl (C=O) groups is 2. The van der Waals surface area contributed by atoms with Crippen LogP contribution < -0.4 is 4.90 Å². The fourth-order valence-corrected chi connectivity index (χ4v) is 2.99. The second-order valence-corrected chi connectivity index (χ2v) is 6.48. The first kappa shape index (κ1) is 19.1. The second kappa shape index (κ2) is 8.35. The molecule has 0 spiro atoms. The molecule has 1 aliphatic heterocycles. The molecule has 3 rings (SSSR count). The van der Waals surface area contributed by atoms with Crippen LogP contribution in [0.5, 0.6) is 0 Å². The van der Waals surface area contributed by atoms with E-state index in [9.17, 15) is 18.4 Å². The molecule has 1 amide bonds. The Balaban J connectivity index is 1.50. The zero-order chi connectivity index (χ0) is 19.4. The molecule has 142 valence electrons. The van der Waals surface area contributed by atoms with Crippen LogP contribution in [0.25, 0.3) is 0 Å². The fourth-order valence-electron chi connectivity index (χ4n) is 2.82. The molecule has 2 aromatic carbocycles. The summed E-state index contributed by atoms with van der Waals surface area (Å²) in [7, 11) is 0. The summed E-state index contributed by atoms with van der Waals surface area (Å²) in [6.07, 6.45) is 0. The fraction of sp³-hybridized carbons (Fsp3) is 0.263. The lowest BCUT2D eigenvalue weighted by Gasteiger charge is -2.36. The molecule has 0 saturated carbocycles. The van der Waals surface area contributed by atoms with Gasteiger partial charge in [-0.3, -0.25) is 4.79 Å². The highest BCUT2D eigenvalue weighted by Gasteiger charge is 2.23. The van der Waals surface area contributed by atoms with Gasteiger partial charge in [-0.25, -0.2) is 13.6 Å². The van der Waals surface area contributed by atoms with Crippen molar-refractivity contribution in [1.82, 2.24) is 4.90 Å². The van der Waals surface area contributed by atoms with Crippen molar-refractivity contribution in [3.05, 3.63) is 64.7 Å². The number of esters is 1. The van der Waals surface area contributed by atoms with Crippen molar-refractivity contribution in [2.45, 2.75) is 0 Å². The molecule has 1 aliphatic rings. The van der Waals surface area contributed by atoms with Crippen LogP contribution in [0.1, 0.15) is 10.4 Å². The van der Waals surface area contributed by atoms with Crippen LogP contribution in [0, 0.1) is 11.6 Å². The van der Waals surface area contributed by atoms with E-state index in [2.05, 4.69) is 0 Å². The van der Waals surface area contributed by atoms with Crippen LogP contribution in [0.15, 0.2) is 42.5 Å². The normalized spacial score (nSPS) is 14.2. The van der Waals surface area contributed by atoms with Crippen LogP contribution in [0.4, 0.5) is 14.5 Å². The summed E-state index contributed by atoms with van der Waals surface area (Å²) in [6, 6.07) is 9.70. The zero-order valence-corrected chi connectivity index (χ0v) is 15.1. The molecular formula is C19H17ClF2N2O3. The van der Waals surface area contributed by atoms with Crippen molar-refractivity contribution in [1.29, 1.82) is 0 Å². The van der Waals surface area contributed by atoms with Gasteiger partial charge in [0.2, 0.25) is 0 Å². The lowest BCUT2D eigenvalue weighted by Crippen LogP contribution is -2.49. The number of nitrogens with zero attached hydrogens (tertiary/aromatic N) is 2. The summed E-state index contributed by atoms with van der Waals surface area (Å²) < 4.78 is 31.6. The van der Waals surface area contributed by atoms with E-state index in [1.54, 1.807) is 17.0 Å². The minimum Gasteiger partial charge on any atom is -0.452 e. The maximum Gasteiger partial charge on any atom is 0.341 e. The van der Waals surface area contributed by atoms with Gasteiger partial charge in [-0.2, -0.15) is 0 Å². The third-order valence-corrected chi connectivity index (χ3v) is 4.53. The number of amides is 1. The monoisotopic (exact) mass is 394 g/mol. The average molecular weight is 395 g/mol. The van der Waals surface area contributed by atoms with E-state index >= 15 is 0 Å². The first-order chi connectivity index (χ1) is 12.9. The van der Waals surface area contributed by atoms with Gasteiger partial charge >= 0.3 is 5.97 Å². The van der Waals surface area contributed by atoms with E-state index in [1.165, 1.54) is 18.2 Å². The molecule has 8 heteroatoms. The van der Waals surface area contributed by atoms with E-state index in [4.69, 9.17) is 16.3 Å². The van der Waals surface area contributed by atoms with Gasteiger partial charge in [0.25, 0.3) is 5.91 Å². The van der Waals surface area contributed by atoms with Crippen LogP contribution in [0.3, 0.4) is 0 Å². The number of hydrogen-bond acceptors (Lipinski definition) is 4. The largest absolute Gasteiger partial charge is 0.452 e. The number of benzene rings is 2. The van der Waals surface area contributed by atoms with Gasteiger partial charge in [0.15, 0.2) is 6.61 Å². The highest BCUT2D eigenvalue weighted by Crippen LogP contribution is 2.18. The summed E-state index contributed by atoms with van der Waals surface area (Å²) in [6.45, 7) is 1.57. The molecule has 0 radical (unpaired) electrons. The Morgan fingerprint density at radius 3 is 2.33 bits per heavy atom. The van der Waals surface area contributed by atoms with E-state index in [-0.39, 0.29) is 22.3 Å². The zero-order valence-electron chi connectivity index (χ0n) is 14.3. The van der Waals surface area contributed by atoms with Gasteiger partial charge in [0, 0.05) is 36.9 Å². The van der Waals surface area contributed by atoms with Gasteiger partial charge in [-0.1, -0.05) is 11.6 Å². The minimum atomic E-state index is -0.937. The molecule has 5 nitrogen and oxygen atoms in total. The van der Waals surface area contributed by atoms with Crippen molar-refractivity contribution in [3.63, 3.8) is 0 Å². The summed E-state index contributed by atoms with van der Waals surface area (Å²) in [5.74, 6) is -2.35. The standard InChI is InChI=1S/C19H17ClF2N2O3/c20-13-1-6-17(22)16(11-13)19(26)27-12-18(25)24-9-7-23(8-10-24)15-4-2-14(21)3-5-15/h1-6,11H,7-10,12H2. The van der Waals surface area contributed by atoms with Crippen LogP contribution in [-0.2, 0) is 9.53 Å². The molecule has 0 unspecified atom stereocenters. The Bertz CT molecular complexity index is 837. The molecule has 27 heavy (non-hydrogen) atoms. The predicted octanol–water partition coefficient (Wildman–Crippen LogP) is 3.12. The minimum absolute atomic E-state index is 0.201. The summed E-state index contributed by atoms with van der Waals surface area (Å²) in [4.78, 5) is 27.8. The Labute approximate surface area is 160 Å². The van der Waals surface area contributed by atoms with Gasteiger partial charge < -0.3 is 14.5 Å². The number of ether oxygens (including phenoxy) is 1. The number of carbonyl (C=O) groups excluding carboxylic acids is 2. The summed E-state index contributed by atoms with van der Waals surface area (Å²) >= 11 is 5.74. The third-order valence-electron chi connectivity index (χ3n) is 4.30. The SMILES string of the molecule is O=C(OCC(=O)N1CCN(c2ccc(F)cc2)CC1)c1cc(Cl)ccc1F. The summed E-state index contributed by atoms with van der Waals surface area (Å²) in [5, 5.41) is 0.201. The van der Waals surface area contributed by atoms with Gasteiger partial charge in [-0.15, -0.1) is 0 Å². The Hall–Kier alpha value is -2.67. The number of hydrogen-bond donors (Lipinski definition) is 0. The molecule has 0 atom stereocenters. The maximum absolute atomic E-state index is 13.6. The molecule has 0 aliphatic carbocycles. The first-order valence-corrected chi connectivity index (χ1v) is 8.72. The van der Waals surface area contributed by atoms with E-state index < -0.39 is 18.4 Å². The first-order valence-electron chi connectivity index (χ1n) is 8.34. The van der Waals surface area contributed by atoms with E-state index in [0.717, 1.165) is 17.8 Å². The third kappa shape index (κ3) is 4.74. The van der Waals surface area contributed by atoms with Gasteiger partial charge in [-0.05, 0) is 42.5 Å². The summed E-state index contributed by atoms with van der Waals surface area (Å²) in [5.41, 5.74) is 0.572. The Kier molecular flexibility index (Phi) is 5.91. The Morgan fingerprint density at radius 1 is 1.00 bits per heavy atom. The number of anilines is 1. The van der Waals surface area contributed by atoms with Crippen LogP contribution in [-0.4, -0.2) is 49.6 Å². The molecule has 0 bridgehead atoms. The number of piperazine rings is 1. The molecule has 0 N–H and O–H groups in total. The van der Waals surface area contributed by atoms with Crippen molar-refractivity contribution in [2.75, 3.05) is 37.7 Å². The van der Waals surface area contributed by atoms with Crippen molar-refractivity contribution in [2.24, 2.45) is 0 Å². The molecule has 1 saturated heterocycles. The van der Waals surface area contributed by atoms with E-state index in [1.807, 2.05) is 4.90 Å². The van der Waals surface area contributed by atoms with Crippen molar-refractivity contribution >= 4 is 29.2 Å². The number of rotatable bonds is 4. The van der Waals surface area contributed by atoms with E-state index in [0.29, 0.717) is 26.2 Å². The van der Waals surface area contributed by atoms with Crippen molar-refractivity contribution < 1.29 is 23.1 Å². The highest BCUT2D eigenvalue weighted by molar-refractivity contribution is 6.30. The average Bonchev–Trinajstić information content (AvgIpc) is 2.68. The number of halogens is 3. The Morgan fingerprint density at radius 2 is 1.67 bits per heavy atom. The lowest BCUT2D eigenvalue weighted by molar-refractivity contribution is -0.134. The van der Waals surface area contributed by atoms with Gasteiger partial charge in [0.1, 0.15) is 11.6 Å². The maximum atomic E-state index is 13.6. The topological polar surface area (TPSA) is 49.9 Å². The lowest BCUT2D eigenvalue weighted by atomic mass is 10.2. The van der Waals surface area contributed by atoms with Crippen LogP contribution in [0.2, 0.25) is 5.02 Å². The van der Waals surface area contributed by atoms with Crippen molar-refractivity contribution in [3.8, 4) is 0 Å².